The van der Waals surface area contributed by atoms with Crippen molar-refractivity contribution in [2.75, 3.05) is 37.6 Å². The lowest BCUT2D eigenvalue weighted by Gasteiger charge is -2.36. The fourth-order valence-corrected chi connectivity index (χ4v) is 7.93. The number of anilines is 1. The van der Waals surface area contributed by atoms with Gasteiger partial charge in [-0.25, -0.2) is 9.37 Å². The summed E-state index contributed by atoms with van der Waals surface area (Å²) in [6.45, 7) is 14.2. The Labute approximate surface area is 341 Å². The number of nitrogens with one attached hydrogen (secondary N) is 3. The zero-order chi connectivity index (χ0) is 41.4. The van der Waals surface area contributed by atoms with Gasteiger partial charge in [0.2, 0.25) is 17.7 Å². The number of benzene rings is 3. The topological polar surface area (TPSA) is 162 Å². The zero-order valence-corrected chi connectivity index (χ0v) is 33.9. The average molecular weight is 798 g/mol. The van der Waals surface area contributed by atoms with Crippen molar-refractivity contribution in [3.8, 4) is 22.4 Å². The molecule has 3 aromatic carbocycles. The van der Waals surface area contributed by atoms with Crippen LogP contribution in [0.2, 0.25) is 0 Å². The maximum Gasteiger partial charge on any atom is 0.293 e. The van der Waals surface area contributed by atoms with E-state index in [-0.39, 0.29) is 35.4 Å². The average Bonchev–Trinajstić information content (AvgIpc) is 3.90. The van der Waals surface area contributed by atoms with Crippen molar-refractivity contribution in [1.82, 2.24) is 40.9 Å². The van der Waals surface area contributed by atoms with E-state index in [2.05, 4.69) is 82.2 Å². The Bertz CT molecular complexity index is 2530. The standard InChI is InChI=1S/C45H48FN9O4/c1-26-22-30(9-13-33(26)27(2)48-43(58)41-50-44(59-53-41)45(3,4)5)39-36-24-31(25-47-40(36)52-51-39)29-7-10-32(11-8-29)55-20-18-54(19-21-55)17-16-28-6-12-34(37(46)23-28)35-14-15-38(56)49-42(35)57/h6-13,22-25,27,35H,14-21H2,1-5H3,(H,48,58)(H,47,51,52)(H,49,56,57)/t27-,35+/m1/s1. The van der Waals surface area contributed by atoms with Crippen molar-refractivity contribution in [3.05, 3.63) is 113 Å². The highest BCUT2D eigenvalue weighted by Gasteiger charge is 2.30. The summed E-state index contributed by atoms with van der Waals surface area (Å²) in [7, 11) is 0. The van der Waals surface area contributed by atoms with Crippen LogP contribution >= 0.6 is 0 Å². The van der Waals surface area contributed by atoms with Crippen LogP contribution < -0.4 is 15.5 Å². The minimum absolute atomic E-state index is 0.0129. The van der Waals surface area contributed by atoms with Crippen LogP contribution in [0.3, 0.4) is 0 Å². The van der Waals surface area contributed by atoms with Gasteiger partial charge in [-0.1, -0.05) is 62.3 Å². The fraction of sp³-hybridized carbons (Fsp3) is 0.356. The van der Waals surface area contributed by atoms with E-state index in [1.165, 1.54) is 6.07 Å². The Morgan fingerprint density at radius 3 is 2.44 bits per heavy atom. The van der Waals surface area contributed by atoms with E-state index in [0.717, 1.165) is 82.9 Å². The van der Waals surface area contributed by atoms with Crippen LogP contribution in [0.15, 0.2) is 77.4 Å². The number of hydrogen-bond donors (Lipinski definition) is 3. The smallest absolute Gasteiger partial charge is 0.293 e. The number of H-pyrrole nitrogens is 1. The highest BCUT2D eigenvalue weighted by Crippen LogP contribution is 2.33. The predicted molar refractivity (Wildman–Crippen MR) is 222 cm³/mol. The van der Waals surface area contributed by atoms with E-state index in [9.17, 15) is 14.4 Å². The number of piperidine rings is 1. The molecule has 0 bridgehead atoms. The van der Waals surface area contributed by atoms with Crippen LogP contribution in [0.25, 0.3) is 33.4 Å². The SMILES string of the molecule is Cc1cc(-c2[nH]nc3ncc(-c4ccc(N5CCN(CCc6ccc([C@@H]7CCC(=O)NC7=O)c(F)c6)CC5)cc4)cc23)ccc1[C@@H](C)NC(=O)c1noc(C(C)(C)C)n1. The zero-order valence-electron chi connectivity index (χ0n) is 33.9. The van der Waals surface area contributed by atoms with E-state index >= 15 is 4.39 Å². The van der Waals surface area contributed by atoms with Crippen molar-refractivity contribution >= 4 is 34.4 Å². The normalized spacial score (nSPS) is 17.0. The van der Waals surface area contributed by atoms with Gasteiger partial charge in [-0.15, -0.1) is 0 Å². The van der Waals surface area contributed by atoms with Gasteiger partial charge in [-0.05, 0) is 79.3 Å². The number of amides is 3. The highest BCUT2D eigenvalue weighted by atomic mass is 19.1. The van der Waals surface area contributed by atoms with Crippen molar-refractivity contribution < 1.29 is 23.3 Å². The number of fused-ring (bicyclic) bond motifs is 1. The van der Waals surface area contributed by atoms with E-state index in [0.29, 0.717) is 29.9 Å². The Hall–Kier alpha value is -6.28. The highest BCUT2D eigenvalue weighted by molar-refractivity contribution is 6.01. The third-order valence-corrected chi connectivity index (χ3v) is 11.4. The molecule has 59 heavy (non-hydrogen) atoms. The molecule has 2 aliphatic rings. The number of rotatable bonds is 10. The summed E-state index contributed by atoms with van der Waals surface area (Å²) in [5.41, 5.74) is 8.53. The summed E-state index contributed by atoms with van der Waals surface area (Å²) in [5, 5.41) is 17.8. The van der Waals surface area contributed by atoms with Crippen molar-refractivity contribution in [1.29, 1.82) is 0 Å². The van der Waals surface area contributed by atoms with Gasteiger partial charge in [-0.2, -0.15) is 10.1 Å². The van der Waals surface area contributed by atoms with E-state index in [1.807, 2.05) is 59.0 Å². The maximum atomic E-state index is 15.0. The molecule has 13 nitrogen and oxygen atoms in total. The van der Waals surface area contributed by atoms with Crippen LogP contribution in [0, 0.1) is 12.7 Å². The third kappa shape index (κ3) is 8.49. The molecule has 5 heterocycles. The Morgan fingerprint density at radius 2 is 1.75 bits per heavy atom. The van der Waals surface area contributed by atoms with Crippen LogP contribution in [0.1, 0.15) is 91.3 Å². The van der Waals surface area contributed by atoms with E-state index < -0.39 is 17.7 Å². The number of aromatic nitrogens is 5. The number of halogens is 1. The summed E-state index contributed by atoms with van der Waals surface area (Å²) in [5.74, 6) is -1.71. The minimum atomic E-state index is -0.624. The van der Waals surface area contributed by atoms with Crippen LogP contribution in [0.5, 0.6) is 0 Å². The van der Waals surface area contributed by atoms with E-state index in [4.69, 9.17) is 4.52 Å². The summed E-state index contributed by atoms with van der Waals surface area (Å²) < 4.78 is 20.3. The molecule has 3 amide bonds. The molecule has 2 aliphatic heterocycles. The maximum absolute atomic E-state index is 15.0. The first-order chi connectivity index (χ1) is 28.3. The molecule has 2 atom stereocenters. The van der Waals surface area contributed by atoms with Gasteiger partial charge in [0.1, 0.15) is 5.82 Å². The lowest BCUT2D eigenvalue weighted by molar-refractivity contribution is -0.134. The first kappa shape index (κ1) is 39.5. The Balaban J connectivity index is 0.870. The molecule has 3 N–H and O–H groups in total. The number of pyridine rings is 1. The molecule has 0 aliphatic carbocycles. The second kappa shape index (κ2) is 16.2. The summed E-state index contributed by atoms with van der Waals surface area (Å²) in [4.78, 5) is 50.4. The summed E-state index contributed by atoms with van der Waals surface area (Å²) in [6, 6.07) is 21.6. The summed E-state index contributed by atoms with van der Waals surface area (Å²) in [6.07, 6.45) is 3.12. The molecule has 0 unspecified atom stereocenters. The van der Waals surface area contributed by atoms with Crippen molar-refractivity contribution in [2.24, 2.45) is 0 Å². The van der Waals surface area contributed by atoms with Gasteiger partial charge in [0.05, 0.1) is 17.7 Å². The number of nitrogens with zero attached hydrogens (tertiary/aromatic N) is 6. The van der Waals surface area contributed by atoms with Gasteiger partial charge in [-0.3, -0.25) is 29.7 Å². The Kier molecular flexibility index (Phi) is 10.8. The van der Waals surface area contributed by atoms with Gasteiger partial charge in [0, 0.05) is 78.5 Å². The molecule has 2 saturated heterocycles. The predicted octanol–water partition coefficient (Wildman–Crippen LogP) is 6.80. The second-order valence-corrected chi connectivity index (χ2v) is 16.6. The molecule has 0 saturated carbocycles. The number of aryl methyl sites for hydroxylation is 1. The molecule has 2 fully saturated rings. The molecule has 6 aromatic rings. The Morgan fingerprint density at radius 1 is 0.983 bits per heavy atom. The van der Waals surface area contributed by atoms with Gasteiger partial charge in [0.25, 0.3) is 11.7 Å². The summed E-state index contributed by atoms with van der Waals surface area (Å²) >= 11 is 0. The van der Waals surface area contributed by atoms with Crippen molar-refractivity contribution in [2.45, 2.75) is 71.3 Å². The van der Waals surface area contributed by atoms with Gasteiger partial charge >= 0.3 is 0 Å². The molecule has 3 aromatic heterocycles. The fourth-order valence-electron chi connectivity index (χ4n) is 7.93. The third-order valence-electron chi connectivity index (χ3n) is 11.4. The number of imide groups is 1. The lowest BCUT2D eigenvalue weighted by atomic mass is 9.89. The van der Waals surface area contributed by atoms with Crippen LogP contribution in [-0.4, -0.2) is 80.7 Å². The quantitative estimate of drug-likeness (QED) is 0.126. The first-order valence-electron chi connectivity index (χ1n) is 20.1. The minimum Gasteiger partial charge on any atom is -0.369 e. The van der Waals surface area contributed by atoms with Crippen molar-refractivity contribution in [3.63, 3.8) is 0 Å². The molecule has 0 spiro atoms. The molecular weight excluding hydrogens is 750 g/mol. The lowest BCUT2D eigenvalue weighted by Crippen LogP contribution is -2.47. The molecule has 304 valence electrons. The molecule has 8 rings (SSSR count). The first-order valence-corrected chi connectivity index (χ1v) is 20.1. The number of carbonyl (C=O) groups excluding carboxylic acids is 3. The second-order valence-electron chi connectivity index (χ2n) is 16.6. The van der Waals surface area contributed by atoms with Crippen LogP contribution in [0.4, 0.5) is 10.1 Å². The van der Waals surface area contributed by atoms with Gasteiger partial charge in [0.15, 0.2) is 5.65 Å². The number of carbonyl (C=O) groups is 3. The largest absolute Gasteiger partial charge is 0.369 e. The van der Waals surface area contributed by atoms with E-state index in [1.54, 1.807) is 6.07 Å². The molecule has 14 heteroatoms. The van der Waals surface area contributed by atoms with Gasteiger partial charge < -0.3 is 14.7 Å². The molecule has 0 radical (unpaired) electrons. The number of aromatic amines is 1. The molecular formula is C45H48FN9O4. The number of hydrogen-bond acceptors (Lipinski definition) is 10. The monoisotopic (exact) mass is 797 g/mol. The number of piperazine rings is 1. The van der Waals surface area contributed by atoms with Crippen LogP contribution in [-0.2, 0) is 21.4 Å².